The Kier molecular flexibility index (Phi) is 9.71. The number of halogens is 5. The zero-order chi connectivity index (χ0) is 26.4. The van der Waals surface area contributed by atoms with Crippen molar-refractivity contribution < 1.29 is 31.4 Å². The minimum Gasteiger partial charge on any atom is -0.454 e. The minimum absolute atomic E-state index is 0.0220. The Morgan fingerprint density at radius 1 is 0.784 bits per heavy atom. The van der Waals surface area contributed by atoms with E-state index in [1.54, 1.807) is 0 Å². The molecule has 2 aromatic rings. The fraction of sp³-hybridized carbons (Fsp3) is 0.600. The van der Waals surface area contributed by atoms with E-state index < -0.39 is 29.8 Å². The van der Waals surface area contributed by atoms with Gasteiger partial charge in [0.05, 0.1) is 0 Å². The summed E-state index contributed by atoms with van der Waals surface area (Å²) in [7, 11) is 0. The second-order valence-electron chi connectivity index (χ2n) is 10.7. The number of benzene rings is 2. The molecule has 204 valence electrons. The molecule has 0 unspecified atom stereocenters. The van der Waals surface area contributed by atoms with Crippen LogP contribution in [0.25, 0.3) is 0 Å². The van der Waals surface area contributed by atoms with Crippen LogP contribution >= 0.6 is 0 Å². The van der Waals surface area contributed by atoms with Crippen LogP contribution in [-0.2, 0) is 0 Å². The molecule has 7 heteroatoms. The molecule has 0 radical (unpaired) electrons. The Bertz CT molecular complexity index is 1010. The average Bonchev–Trinajstić information content (AvgIpc) is 2.88. The molecular formula is C30H37F5O2. The second-order valence-corrected chi connectivity index (χ2v) is 10.7. The van der Waals surface area contributed by atoms with Crippen LogP contribution in [0, 0.1) is 35.2 Å². The third-order valence-electron chi connectivity index (χ3n) is 8.39. The van der Waals surface area contributed by atoms with Gasteiger partial charge in [0.1, 0.15) is 11.6 Å². The highest BCUT2D eigenvalue weighted by Crippen LogP contribution is 2.46. The molecule has 0 saturated heterocycles. The van der Waals surface area contributed by atoms with Crippen molar-refractivity contribution in [3.8, 4) is 17.2 Å². The Labute approximate surface area is 216 Å². The third kappa shape index (κ3) is 7.17. The lowest BCUT2D eigenvalue weighted by atomic mass is 9.68. The molecule has 2 aliphatic carbocycles. The molecule has 0 aromatic heterocycles. The lowest BCUT2D eigenvalue weighted by molar-refractivity contribution is -0.0522. The molecule has 2 saturated carbocycles. The first kappa shape index (κ1) is 27.7. The van der Waals surface area contributed by atoms with Crippen molar-refractivity contribution in [2.24, 2.45) is 17.8 Å². The molecule has 2 fully saturated rings. The Hall–Kier alpha value is -2.31. The summed E-state index contributed by atoms with van der Waals surface area (Å²) in [5.74, 6) is -1.42. The average molecular weight is 525 g/mol. The van der Waals surface area contributed by atoms with Gasteiger partial charge in [0.2, 0.25) is 0 Å². The van der Waals surface area contributed by atoms with Gasteiger partial charge < -0.3 is 9.47 Å². The van der Waals surface area contributed by atoms with Crippen LogP contribution in [0.3, 0.4) is 0 Å². The van der Waals surface area contributed by atoms with E-state index >= 15 is 4.39 Å². The van der Waals surface area contributed by atoms with Gasteiger partial charge in [-0.2, -0.15) is 8.78 Å². The molecule has 0 bridgehead atoms. The van der Waals surface area contributed by atoms with E-state index in [0.29, 0.717) is 5.92 Å². The Balaban J connectivity index is 1.35. The third-order valence-corrected chi connectivity index (χ3v) is 8.39. The van der Waals surface area contributed by atoms with Gasteiger partial charge in [-0.05, 0) is 86.5 Å². The molecule has 37 heavy (non-hydrogen) atoms. The van der Waals surface area contributed by atoms with Gasteiger partial charge >= 0.3 is 6.61 Å². The van der Waals surface area contributed by atoms with E-state index in [0.717, 1.165) is 49.7 Å². The van der Waals surface area contributed by atoms with Crippen molar-refractivity contribution in [1.82, 2.24) is 0 Å². The van der Waals surface area contributed by atoms with Crippen LogP contribution in [-0.4, -0.2) is 6.61 Å². The molecule has 2 aliphatic rings. The Morgan fingerprint density at radius 2 is 1.43 bits per heavy atom. The number of alkyl halides is 2. The highest BCUT2D eigenvalue weighted by atomic mass is 19.3. The largest absolute Gasteiger partial charge is 0.454 e. The van der Waals surface area contributed by atoms with Crippen LogP contribution in [0.4, 0.5) is 22.0 Å². The monoisotopic (exact) mass is 524 g/mol. The maximum atomic E-state index is 15.4. The predicted molar refractivity (Wildman–Crippen MR) is 134 cm³/mol. The standard InChI is InChI=1S/C30H37F5O2/c1-2-3-4-5-19-6-8-20(9-7-19)21-10-12-22(13-11-21)28-24(31)15-17-27(29(28)33)36-23-14-16-26(25(32)18-23)37-30(34)35/h14-22,30H,2-13H2,1H3. The van der Waals surface area contributed by atoms with Crippen molar-refractivity contribution >= 4 is 0 Å². The van der Waals surface area contributed by atoms with E-state index in [1.807, 2.05) is 0 Å². The normalized spacial score (nSPS) is 24.3. The van der Waals surface area contributed by atoms with Gasteiger partial charge in [-0.3, -0.25) is 0 Å². The number of ether oxygens (including phenoxy) is 2. The first-order valence-corrected chi connectivity index (χ1v) is 13.8. The SMILES string of the molecule is CCCCCC1CCC(C2CCC(c3c(F)ccc(Oc4ccc(OC(F)F)c(F)c4)c3F)CC2)CC1. The first-order valence-electron chi connectivity index (χ1n) is 13.8. The highest BCUT2D eigenvalue weighted by Gasteiger charge is 2.33. The van der Waals surface area contributed by atoms with Crippen molar-refractivity contribution in [3.63, 3.8) is 0 Å². The van der Waals surface area contributed by atoms with Gasteiger partial charge in [0.15, 0.2) is 23.1 Å². The maximum Gasteiger partial charge on any atom is 0.387 e. The number of hydrogen-bond acceptors (Lipinski definition) is 2. The number of hydrogen-bond donors (Lipinski definition) is 0. The summed E-state index contributed by atoms with van der Waals surface area (Å²) in [6.45, 7) is -0.927. The van der Waals surface area contributed by atoms with E-state index in [4.69, 9.17) is 4.74 Å². The maximum absolute atomic E-state index is 15.4. The first-order chi connectivity index (χ1) is 17.9. The molecule has 0 amide bonds. The number of rotatable bonds is 10. The molecule has 0 heterocycles. The highest BCUT2D eigenvalue weighted by molar-refractivity contribution is 5.40. The molecule has 0 aliphatic heterocycles. The van der Waals surface area contributed by atoms with Crippen LogP contribution in [0.2, 0.25) is 0 Å². The molecule has 2 aromatic carbocycles. The van der Waals surface area contributed by atoms with E-state index in [9.17, 15) is 17.6 Å². The second kappa shape index (κ2) is 13.0. The quantitative estimate of drug-likeness (QED) is 0.227. The Morgan fingerprint density at radius 3 is 2.05 bits per heavy atom. The van der Waals surface area contributed by atoms with E-state index in [1.165, 1.54) is 69.6 Å². The van der Waals surface area contributed by atoms with Gasteiger partial charge in [0.25, 0.3) is 0 Å². The van der Waals surface area contributed by atoms with Gasteiger partial charge in [-0.1, -0.05) is 45.4 Å². The van der Waals surface area contributed by atoms with Crippen molar-refractivity contribution in [2.75, 3.05) is 0 Å². The van der Waals surface area contributed by atoms with E-state index in [-0.39, 0.29) is 23.0 Å². The zero-order valence-corrected chi connectivity index (χ0v) is 21.5. The summed E-state index contributed by atoms with van der Waals surface area (Å²) in [6, 6.07) is 5.36. The summed E-state index contributed by atoms with van der Waals surface area (Å²) < 4.78 is 78.5. The van der Waals surface area contributed by atoms with Gasteiger partial charge in [0, 0.05) is 11.6 Å². The lowest BCUT2D eigenvalue weighted by Gasteiger charge is -2.38. The van der Waals surface area contributed by atoms with Crippen LogP contribution in [0.5, 0.6) is 17.2 Å². The fourth-order valence-electron chi connectivity index (χ4n) is 6.38. The van der Waals surface area contributed by atoms with Crippen LogP contribution in [0.1, 0.15) is 95.5 Å². The molecule has 4 rings (SSSR count). The fourth-order valence-corrected chi connectivity index (χ4v) is 6.38. The predicted octanol–water partition coefficient (Wildman–Crippen LogP) is 10.2. The van der Waals surface area contributed by atoms with Crippen LogP contribution < -0.4 is 9.47 Å². The van der Waals surface area contributed by atoms with Crippen LogP contribution in [0.15, 0.2) is 30.3 Å². The summed E-state index contributed by atoms with van der Waals surface area (Å²) in [4.78, 5) is 0. The smallest absolute Gasteiger partial charge is 0.387 e. The molecule has 2 nitrogen and oxygen atoms in total. The van der Waals surface area contributed by atoms with Gasteiger partial charge in [-0.15, -0.1) is 0 Å². The summed E-state index contributed by atoms with van der Waals surface area (Å²) >= 11 is 0. The molecule has 0 N–H and O–H groups in total. The molecule has 0 atom stereocenters. The molecule has 0 spiro atoms. The summed E-state index contributed by atoms with van der Waals surface area (Å²) in [5, 5.41) is 0. The van der Waals surface area contributed by atoms with E-state index in [2.05, 4.69) is 11.7 Å². The summed E-state index contributed by atoms with van der Waals surface area (Å²) in [6.07, 6.45) is 13.8. The zero-order valence-electron chi connectivity index (χ0n) is 21.5. The van der Waals surface area contributed by atoms with Crippen molar-refractivity contribution in [1.29, 1.82) is 0 Å². The van der Waals surface area contributed by atoms with Gasteiger partial charge in [-0.25, -0.2) is 13.2 Å². The topological polar surface area (TPSA) is 18.5 Å². The number of unbranched alkanes of at least 4 members (excludes halogenated alkanes) is 2. The molecular weight excluding hydrogens is 487 g/mol. The van der Waals surface area contributed by atoms with Crippen molar-refractivity contribution in [2.45, 2.75) is 96.5 Å². The lowest BCUT2D eigenvalue weighted by Crippen LogP contribution is -2.26. The minimum atomic E-state index is -3.17. The van der Waals surface area contributed by atoms with Crippen molar-refractivity contribution in [3.05, 3.63) is 53.3 Å². The summed E-state index contributed by atoms with van der Waals surface area (Å²) in [5.41, 5.74) is 0.0220.